The van der Waals surface area contributed by atoms with Gasteiger partial charge in [0.2, 0.25) is 5.91 Å². The van der Waals surface area contributed by atoms with E-state index >= 15 is 0 Å². The van der Waals surface area contributed by atoms with Gasteiger partial charge >= 0.3 is 6.03 Å². The van der Waals surface area contributed by atoms with Crippen LogP contribution < -0.4 is 16.0 Å². The largest absolute Gasteiger partial charge is 0.350 e. The van der Waals surface area contributed by atoms with Crippen LogP contribution in [-0.2, 0) is 11.3 Å². The van der Waals surface area contributed by atoms with Gasteiger partial charge in [-0.3, -0.25) is 9.69 Å². The first-order valence-corrected chi connectivity index (χ1v) is 11.8. The highest BCUT2D eigenvalue weighted by molar-refractivity contribution is 5.91. The number of benzene rings is 2. The fourth-order valence-electron chi connectivity index (χ4n) is 4.95. The minimum Gasteiger partial charge on any atom is -0.350 e. The molecule has 1 saturated heterocycles. The van der Waals surface area contributed by atoms with Crippen LogP contribution in [0.3, 0.4) is 0 Å². The molecule has 4 rings (SSSR count). The predicted molar refractivity (Wildman–Crippen MR) is 126 cm³/mol. The third-order valence-electron chi connectivity index (χ3n) is 6.93. The number of carbonyl (C=O) groups is 2. The highest BCUT2D eigenvalue weighted by atomic mass is 16.2. The maximum absolute atomic E-state index is 13.3. The Balaban J connectivity index is 1.31. The number of urea groups is 1. The van der Waals surface area contributed by atoms with Crippen molar-refractivity contribution in [1.82, 2.24) is 20.9 Å². The van der Waals surface area contributed by atoms with Gasteiger partial charge in [-0.15, -0.1) is 0 Å². The summed E-state index contributed by atoms with van der Waals surface area (Å²) in [5.41, 5.74) is 1.52. The van der Waals surface area contributed by atoms with E-state index < -0.39 is 5.54 Å². The number of rotatable bonds is 7. The number of carbonyl (C=O) groups excluding carboxylic acids is 2. The zero-order valence-electron chi connectivity index (χ0n) is 18.8. The maximum Gasteiger partial charge on any atom is 0.315 e. The molecule has 32 heavy (non-hydrogen) atoms. The lowest BCUT2D eigenvalue weighted by Crippen LogP contribution is -2.60. The number of hydrogen-bond acceptors (Lipinski definition) is 3. The lowest BCUT2D eigenvalue weighted by Gasteiger charge is -2.31. The van der Waals surface area contributed by atoms with Crippen molar-refractivity contribution in [3.8, 4) is 0 Å². The van der Waals surface area contributed by atoms with Gasteiger partial charge in [-0.25, -0.2) is 4.79 Å². The molecule has 2 aliphatic rings. The molecule has 2 aromatic carbocycles. The number of amides is 3. The Labute approximate surface area is 190 Å². The first kappa shape index (κ1) is 22.3. The molecule has 170 valence electrons. The fraction of sp³-hybridized carbons (Fsp3) is 0.462. The average Bonchev–Trinajstić information content (AvgIpc) is 3.49. The topological polar surface area (TPSA) is 73.5 Å². The van der Waals surface area contributed by atoms with E-state index in [-0.39, 0.29) is 18.0 Å². The van der Waals surface area contributed by atoms with E-state index in [4.69, 9.17) is 0 Å². The molecule has 0 spiro atoms. The third kappa shape index (κ3) is 5.30. The van der Waals surface area contributed by atoms with Crippen LogP contribution >= 0.6 is 0 Å². The molecular formula is C26H34N4O2. The molecular weight excluding hydrogens is 400 g/mol. The number of nitrogens with one attached hydrogen (secondary N) is 3. The van der Waals surface area contributed by atoms with Gasteiger partial charge < -0.3 is 16.0 Å². The van der Waals surface area contributed by atoms with E-state index in [1.165, 1.54) is 5.56 Å². The van der Waals surface area contributed by atoms with Gasteiger partial charge in [0.25, 0.3) is 0 Å². The Kier molecular flexibility index (Phi) is 7.10. The zero-order valence-corrected chi connectivity index (χ0v) is 18.8. The van der Waals surface area contributed by atoms with Crippen LogP contribution in [0.25, 0.3) is 0 Å². The van der Waals surface area contributed by atoms with Crippen molar-refractivity contribution in [3.05, 3.63) is 71.8 Å². The van der Waals surface area contributed by atoms with E-state index in [1.807, 2.05) is 36.4 Å². The Morgan fingerprint density at radius 2 is 1.69 bits per heavy atom. The van der Waals surface area contributed by atoms with Crippen molar-refractivity contribution in [2.75, 3.05) is 13.1 Å². The molecule has 0 radical (unpaired) electrons. The summed E-state index contributed by atoms with van der Waals surface area (Å²) >= 11 is 0. The van der Waals surface area contributed by atoms with Crippen molar-refractivity contribution in [2.24, 2.45) is 0 Å². The summed E-state index contributed by atoms with van der Waals surface area (Å²) in [4.78, 5) is 28.3. The molecule has 2 unspecified atom stereocenters. The van der Waals surface area contributed by atoms with E-state index in [9.17, 15) is 9.59 Å². The van der Waals surface area contributed by atoms with Crippen LogP contribution in [0.15, 0.2) is 60.7 Å². The fourth-order valence-corrected chi connectivity index (χ4v) is 4.95. The monoisotopic (exact) mass is 434 g/mol. The quantitative estimate of drug-likeness (QED) is 0.621. The molecule has 6 nitrogen and oxygen atoms in total. The summed E-state index contributed by atoms with van der Waals surface area (Å²) in [6.07, 6.45) is 4.21. The van der Waals surface area contributed by atoms with Crippen LogP contribution in [0.1, 0.15) is 56.2 Å². The predicted octanol–water partition coefficient (Wildman–Crippen LogP) is 3.75. The normalized spacial score (nSPS) is 21.1. The molecule has 0 bridgehead atoms. The van der Waals surface area contributed by atoms with Crippen molar-refractivity contribution in [2.45, 2.75) is 63.2 Å². The van der Waals surface area contributed by atoms with Gasteiger partial charge in [0, 0.05) is 31.7 Å². The third-order valence-corrected chi connectivity index (χ3v) is 6.93. The van der Waals surface area contributed by atoms with Gasteiger partial charge in [-0.1, -0.05) is 73.5 Å². The molecule has 1 aliphatic heterocycles. The van der Waals surface area contributed by atoms with E-state index in [1.54, 1.807) is 0 Å². The van der Waals surface area contributed by atoms with Gasteiger partial charge in [0.1, 0.15) is 5.54 Å². The van der Waals surface area contributed by atoms with Crippen LogP contribution in [-0.4, -0.2) is 41.5 Å². The molecule has 3 amide bonds. The van der Waals surface area contributed by atoms with Crippen LogP contribution in [0.5, 0.6) is 0 Å². The Morgan fingerprint density at radius 1 is 1.03 bits per heavy atom. The summed E-state index contributed by atoms with van der Waals surface area (Å²) < 4.78 is 0. The van der Waals surface area contributed by atoms with Crippen LogP contribution in [0, 0.1) is 0 Å². The standard InChI is InChI=1S/C26H34N4O2/c1-20(22-12-6-3-7-13-22)30-17-14-23(19-30)28-24(31)26(15-8-9-16-26)29-25(32)27-18-21-10-4-2-5-11-21/h2-7,10-13,20,23H,8-9,14-19H2,1H3,(H,28,31)(H2,27,29,32). The van der Waals surface area contributed by atoms with Crippen molar-refractivity contribution in [3.63, 3.8) is 0 Å². The Morgan fingerprint density at radius 3 is 2.38 bits per heavy atom. The lowest BCUT2D eigenvalue weighted by molar-refractivity contribution is -0.127. The summed E-state index contributed by atoms with van der Waals surface area (Å²) in [6.45, 7) is 4.45. The molecule has 0 aromatic heterocycles. The zero-order chi connectivity index (χ0) is 22.4. The van der Waals surface area contributed by atoms with Gasteiger partial charge in [0.15, 0.2) is 0 Å². The van der Waals surface area contributed by atoms with Gasteiger partial charge in [-0.2, -0.15) is 0 Å². The molecule has 1 aliphatic carbocycles. The minimum absolute atomic E-state index is 0.0379. The maximum atomic E-state index is 13.3. The Bertz CT molecular complexity index is 897. The average molecular weight is 435 g/mol. The number of nitrogens with zero attached hydrogens (tertiary/aromatic N) is 1. The second-order valence-electron chi connectivity index (χ2n) is 9.12. The minimum atomic E-state index is -0.806. The number of likely N-dealkylation sites (tertiary alicyclic amines) is 1. The number of hydrogen-bond donors (Lipinski definition) is 3. The molecule has 1 saturated carbocycles. The summed E-state index contributed by atoms with van der Waals surface area (Å²) in [7, 11) is 0. The van der Waals surface area contributed by atoms with Gasteiger partial charge in [-0.05, 0) is 37.3 Å². The molecule has 2 aromatic rings. The summed E-state index contributed by atoms with van der Waals surface area (Å²) in [5, 5.41) is 9.18. The first-order valence-electron chi connectivity index (χ1n) is 11.8. The van der Waals surface area contributed by atoms with Crippen molar-refractivity contribution < 1.29 is 9.59 Å². The van der Waals surface area contributed by atoms with Crippen molar-refractivity contribution >= 4 is 11.9 Å². The van der Waals surface area contributed by atoms with E-state index in [0.29, 0.717) is 25.4 Å². The van der Waals surface area contributed by atoms with Gasteiger partial charge in [0.05, 0.1) is 0 Å². The molecule has 3 N–H and O–H groups in total. The first-order chi connectivity index (χ1) is 15.6. The second kappa shape index (κ2) is 10.2. The summed E-state index contributed by atoms with van der Waals surface area (Å²) in [6, 6.07) is 20.4. The Hall–Kier alpha value is -2.86. The van der Waals surface area contributed by atoms with Crippen LogP contribution in [0.2, 0.25) is 0 Å². The second-order valence-corrected chi connectivity index (χ2v) is 9.12. The molecule has 6 heteroatoms. The smallest absolute Gasteiger partial charge is 0.315 e. The van der Waals surface area contributed by atoms with E-state index in [0.717, 1.165) is 37.9 Å². The molecule has 1 heterocycles. The van der Waals surface area contributed by atoms with Crippen molar-refractivity contribution in [1.29, 1.82) is 0 Å². The molecule has 2 fully saturated rings. The van der Waals surface area contributed by atoms with E-state index in [2.05, 4.69) is 52.0 Å². The highest BCUT2D eigenvalue weighted by Crippen LogP contribution is 2.31. The molecule has 2 atom stereocenters. The highest BCUT2D eigenvalue weighted by Gasteiger charge is 2.43. The SMILES string of the molecule is CC(c1ccccc1)N1CCC(NC(=O)C2(NC(=O)NCc3ccccc3)CCCC2)C1. The lowest BCUT2D eigenvalue weighted by atomic mass is 9.96. The summed E-state index contributed by atoms with van der Waals surface area (Å²) in [5.74, 6) is -0.0379. The van der Waals surface area contributed by atoms with Crippen LogP contribution in [0.4, 0.5) is 4.79 Å².